The molecule has 3 heteroatoms. The van der Waals surface area contributed by atoms with Crippen LogP contribution in [0.15, 0.2) is 35.2 Å². The summed E-state index contributed by atoms with van der Waals surface area (Å²) in [5, 5.41) is 1.93. The number of hydrogen-bond donors (Lipinski definition) is 0. The molecule has 0 bridgehead atoms. The highest BCUT2D eigenvalue weighted by atomic mass is 32.1. The molecule has 0 aliphatic carbocycles. The van der Waals surface area contributed by atoms with Crippen molar-refractivity contribution in [2.24, 2.45) is 0 Å². The van der Waals surface area contributed by atoms with Gasteiger partial charge in [0.2, 0.25) is 0 Å². The molecule has 0 saturated heterocycles. The first-order valence-electron chi connectivity index (χ1n) is 4.58. The van der Waals surface area contributed by atoms with Gasteiger partial charge in [0, 0.05) is 10.3 Å². The van der Waals surface area contributed by atoms with Crippen molar-refractivity contribution in [1.29, 1.82) is 0 Å². The van der Waals surface area contributed by atoms with Crippen molar-refractivity contribution < 1.29 is 9.47 Å². The second-order valence-electron chi connectivity index (χ2n) is 3.15. The summed E-state index contributed by atoms with van der Waals surface area (Å²) in [5.74, 6) is 1.58. The molecular weight excluding hydrogens is 208 g/mol. The minimum Gasteiger partial charge on any atom is -0.496 e. The summed E-state index contributed by atoms with van der Waals surface area (Å²) >= 11 is 5.26. The normalized spacial score (nSPS) is 10.3. The molecule has 0 aromatic heterocycles. The molecule has 0 spiro atoms. The van der Waals surface area contributed by atoms with E-state index < -0.39 is 0 Å². The first-order chi connectivity index (χ1) is 7.27. The Morgan fingerprint density at radius 1 is 0.933 bits per heavy atom. The van der Waals surface area contributed by atoms with E-state index in [4.69, 9.17) is 22.1 Å². The largest absolute Gasteiger partial charge is 0.496 e. The van der Waals surface area contributed by atoms with E-state index in [1.165, 1.54) is 0 Å². The van der Waals surface area contributed by atoms with E-state index in [9.17, 15) is 0 Å². The average Bonchev–Trinajstić information content (AvgIpc) is 2.29. The molecule has 0 amide bonds. The summed E-state index contributed by atoms with van der Waals surface area (Å²) in [5.41, 5.74) is 0. The number of methoxy groups -OCH3 is 2. The van der Waals surface area contributed by atoms with Crippen molar-refractivity contribution >= 4 is 23.4 Å². The first kappa shape index (κ1) is 10.1. The van der Waals surface area contributed by atoms with E-state index >= 15 is 0 Å². The van der Waals surface area contributed by atoms with Crippen LogP contribution in [-0.2, 0) is 0 Å². The minimum atomic E-state index is 0.788. The van der Waals surface area contributed by atoms with Crippen molar-refractivity contribution in [1.82, 2.24) is 0 Å². The summed E-state index contributed by atoms with van der Waals surface area (Å²) < 4.78 is 10.6. The van der Waals surface area contributed by atoms with Crippen LogP contribution in [0.4, 0.5) is 0 Å². The van der Waals surface area contributed by atoms with Gasteiger partial charge < -0.3 is 9.47 Å². The lowest BCUT2D eigenvalue weighted by Gasteiger charge is -2.10. The Morgan fingerprint density at radius 3 is 2.27 bits per heavy atom. The molecule has 0 unspecified atom stereocenters. The molecule has 0 atom stereocenters. The summed E-state index contributed by atoms with van der Waals surface area (Å²) in [6, 6.07) is 9.54. The molecule has 0 fully saturated rings. The molecule has 0 aliphatic rings. The zero-order valence-corrected chi connectivity index (χ0v) is 9.43. The van der Waals surface area contributed by atoms with Gasteiger partial charge in [-0.1, -0.05) is 24.8 Å². The lowest BCUT2D eigenvalue weighted by Crippen LogP contribution is -1.90. The van der Waals surface area contributed by atoms with Crippen molar-refractivity contribution in [2.75, 3.05) is 14.2 Å². The predicted octanol–water partition coefficient (Wildman–Crippen LogP) is 3.41. The highest BCUT2D eigenvalue weighted by molar-refractivity contribution is 7.80. The van der Waals surface area contributed by atoms with E-state index in [1.54, 1.807) is 14.2 Å². The lowest BCUT2D eigenvalue weighted by molar-refractivity contribution is 0.405. The number of benzene rings is 2. The zero-order valence-electron chi connectivity index (χ0n) is 8.61. The maximum absolute atomic E-state index is 5.30. The Hall–Kier alpha value is -1.48. The lowest BCUT2D eigenvalue weighted by atomic mass is 10.1. The number of rotatable bonds is 2. The van der Waals surface area contributed by atoms with Crippen LogP contribution in [0.2, 0.25) is 0 Å². The van der Waals surface area contributed by atoms with Crippen LogP contribution in [0.25, 0.3) is 10.8 Å². The second-order valence-corrected chi connectivity index (χ2v) is 3.59. The SMILES string of the molecule is COc1cccc2c([S])ccc(OC)c12. The summed E-state index contributed by atoms with van der Waals surface area (Å²) in [6.07, 6.45) is 0. The maximum Gasteiger partial charge on any atom is 0.130 e. The summed E-state index contributed by atoms with van der Waals surface area (Å²) in [7, 11) is 3.29. The van der Waals surface area contributed by atoms with Gasteiger partial charge in [-0.25, -0.2) is 0 Å². The van der Waals surface area contributed by atoms with E-state index in [0.29, 0.717) is 0 Å². The summed E-state index contributed by atoms with van der Waals surface area (Å²) in [6.45, 7) is 0. The standard InChI is InChI=1S/C12H11O2S/c1-13-9-5-3-4-8-11(15)7-6-10(14-2)12(8)9/h3-7H,1-2H3. The van der Waals surface area contributed by atoms with Crippen LogP contribution in [0, 0.1) is 0 Å². The Bertz CT molecular complexity index is 484. The number of hydrogen-bond acceptors (Lipinski definition) is 2. The van der Waals surface area contributed by atoms with Gasteiger partial charge >= 0.3 is 0 Å². The molecular formula is C12H11O2S. The molecule has 1 radical (unpaired) electrons. The van der Waals surface area contributed by atoms with Gasteiger partial charge in [0.25, 0.3) is 0 Å². The molecule has 2 rings (SSSR count). The highest BCUT2D eigenvalue weighted by Crippen LogP contribution is 2.36. The number of fused-ring (bicyclic) bond motifs is 1. The first-order valence-corrected chi connectivity index (χ1v) is 4.99. The minimum absolute atomic E-state index is 0.788. The fourth-order valence-corrected chi connectivity index (χ4v) is 1.89. The Morgan fingerprint density at radius 2 is 1.60 bits per heavy atom. The second kappa shape index (κ2) is 3.95. The molecule has 2 aromatic rings. The van der Waals surface area contributed by atoms with Crippen LogP contribution in [-0.4, -0.2) is 14.2 Å². The molecule has 77 valence electrons. The third-order valence-corrected chi connectivity index (χ3v) is 2.72. The highest BCUT2D eigenvalue weighted by Gasteiger charge is 2.09. The Kier molecular flexibility index (Phi) is 2.64. The van der Waals surface area contributed by atoms with Gasteiger partial charge in [-0.05, 0) is 18.2 Å². The van der Waals surface area contributed by atoms with Crippen LogP contribution >= 0.6 is 12.6 Å². The zero-order chi connectivity index (χ0) is 10.8. The van der Waals surface area contributed by atoms with Gasteiger partial charge in [-0.15, -0.1) is 0 Å². The van der Waals surface area contributed by atoms with Crippen LogP contribution < -0.4 is 9.47 Å². The molecule has 2 nitrogen and oxygen atoms in total. The van der Waals surface area contributed by atoms with Crippen molar-refractivity contribution in [3.8, 4) is 11.5 Å². The fourth-order valence-electron chi connectivity index (χ4n) is 1.66. The van der Waals surface area contributed by atoms with Crippen molar-refractivity contribution in [3.63, 3.8) is 0 Å². The van der Waals surface area contributed by atoms with E-state index in [2.05, 4.69) is 0 Å². The maximum atomic E-state index is 5.30. The monoisotopic (exact) mass is 219 g/mol. The van der Waals surface area contributed by atoms with Gasteiger partial charge in [-0.3, -0.25) is 0 Å². The Balaban J connectivity index is 2.87. The quantitative estimate of drug-likeness (QED) is 0.770. The average molecular weight is 219 g/mol. The molecule has 2 aromatic carbocycles. The third-order valence-electron chi connectivity index (χ3n) is 2.36. The van der Waals surface area contributed by atoms with Gasteiger partial charge in [-0.2, -0.15) is 0 Å². The van der Waals surface area contributed by atoms with Gasteiger partial charge in [0.15, 0.2) is 0 Å². The molecule has 0 aliphatic heterocycles. The van der Waals surface area contributed by atoms with E-state index in [-0.39, 0.29) is 0 Å². The molecule has 0 saturated carbocycles. The predicted molar refractivity (Wildman–Crippen MR) is 62.9 cm³/mol. The van der Waals surface area contributed by atoms with E-state index in [0.717, 1.165) is 27.2 Å². The van der Waals surface area contributed by atoms with Crippen molar-refractivity contribution in [2.45, 2.75) is 4.90 Å². The fraction of sp³-hybridized carbons (Fsp3) is 0.167. The van der Waals surface area contributed by atoms with Crippen molar-refractivity contribution in [3.05, 3.63) is 30.3 Å². The Labute approximate surface area is 94.2 Å². The summed E-state index contributed by atoms with van der Waals surface area (Å²) in [4.78, 5) is 0.810. The molecule has 0 N–H and O–H groups in total. The van der Waals surface area contributed by atoms with Crippen LogP contribution in [0.5, 0.6) is 11.5 Å². The van der Waals surface area contributed by atoms with Gasteiger partial charge in [0.1, 0.15) is 11.5 Å². The third kappa shape index (κ3) is 1.59. The molecule has 15 heavy (non-hydrogen) atoms. The molecule has 0 heterocycles. The van der Waals surface area contributed by atoms with E-state index in [1.807, 2.05) is 30.3 Å². The van der Waals surface area contributed by atoms with Crippen LogP contribution in [0.1, 0.15) is 0 Å². The number of ether oxygens (including phenoxy) is 2. The van der Waals surface area contributed by atoms with Crippen LogP contribution in [0.3, 0.4) is 0 Å². The smallest absolute Gasteiger partial charge is 0.130 e. The topological polar surface area (TPSA) is 18.5 Å². The van der Waals surface area contributed by atoms with Gasteiger partial charge in [0.05, 0.1) is 19.6 Å².